The van der Waals surface area contributed by atoms with Crippen LogP contribution in [0.2, 0.25) is 0 Å². The topological polar surface area (TPSA) is 150 Å². The van der Waals surface area contributed by atoms with Gasteiger partial charge in [0.05, 0.1) is 6.04 Å². The number of amides is 3. The van der Waals surface area contributed by atoms with Gasteiger partial charge in [-0.1, -0.05) is 61.5 Å². The molecule has 6 N–H and O–H groups in total. The molecule has 208 valence electrons. The number of likely N-dealkylation sites (N-methyl/N-ethyl adjacent to an activating group) is 1. The summed E-state index contributed by atoms with van der Waals surface area (Å²) in [5, 5.41) is 16.5. The molecule has 10 heteroatoms. The van der Waals surface area contributed by atoms with Crippen LogP contribution in [0.3, 0.4) is 0 Å². The smallest absolute Gasteiger partial charge is 0.243 e. The lowest BCUT2D eigenvalue weighted by Crippen LogP contribution is -2.56. The minimum Gasteiger partial charge on any atom is -0.492 e. The number of rotatable bonds is 4. The number of hydrogen-bond donors (Lipinski definition) is 5. The van der Waals surface area contributed by atoms with E-state index in [9.17, 15) is 14.4 Å². The lowest BCUT2D eigenvalue weighted by molar-refractivity contribution is -0.140. The Kier molecular flexibility index (Phi) is 10.6. The van der Waals surface area contributed by atoms with E-state index in [4.69, 9.17) is 15.9 Å². The fraction of sp³-hybridized carbons (Fsp3) is 0.379. The van der Waals surface area contributed by atoms with E-state index in [1.165, 1.54) is 4.90 Å². The zero-order valence-electron chi connectivity index (χ0n) is 22.7. The molecule has 3 atom stereocenters. The molecule has 39 heavy (non-hydrogen) atoms. The molecule has 0 fully saturated rings. The van der Waals surface area contributed by atoms with E-state index in [1.54, 1.807) is 38.2 Å². The quantitative estimate of drug-likeness (QED) is 0.296. The number of carbonyl (C=O) groups excluding carboxylic acids is 3. The summed E-state index contributed by atoms with van der Waals surface area (Å²) >= 11 is 0. The van der Waals surface area contributed by atoms with Gasteiger partial charge in [0.2, 0.25) is 17.7 Å². The van der Waals surface area contributed by atoms with Gasteiger partial charge < -0.3 is 31.3 Å². The van der Waals surface area contributed by atoms with Crippen molar-refractivity contribution >= 4 is 29.6 Å². The summed E-state index contributed by atoms with van der Waals surface area (Å²) in [6, 6.07) is 12.4. The monoisotopic (exact) mass is 534 g/mol. The van der Waals surface area contributed by atoms with Gasteiger partial charge in [0, 0.05) is 37.7 Å². The van der Waals surface area contributed by atoms with Crippen LogP contribution in [-0.2, 0) is 20.8 Å². The molecule has 1 aliphatic heterocycles. The molecule has 2 aromatic rings. The molecule has 1 unspecified atom stereocenters. The van der Waals surface area contributed by atoms with Crippen LogP contribution in [0.1, 0.15) is 37.0 Å². The fourth-order valence-electron chi connectivity index (χ4n) is 4.19. The highest BCUT2D eigenvalue weighted by molar-refractivity contribution is 5.95. The van der Waals surface area contributed by atoms with Gasteiger partial charge in [-0.25, -0.2) is 0 Å². The van der Waals surface area contributed by atoms with Crippen molar-refractivity contribution in [2.75, 3.05) is 26.7 Å². The number of fused-ring (bicyclic) bond motifs is 1. The number of nitrogens with two attached hydrogens (primary N) is 1. The first-order valence-corrected chi connectivity index (χ1v) is 13.1. The predicted molar refractivity (Wildman–Crippen MR) is 151 cm³/mol. The minimum atomic E-state index is -0.880. The summed E-state index contributed by atoms with van der Waals surface area (Å²) in [7, 11) is 1.59. The van der Waals surface area contributed by atoms with Crippen molar-refractivity contribution in [3.05, 3.63) is 71.3 Å². The summed E-state index contributed by atoms with van der Waals surface area (Å²) in [5.41, 5.74) is 7.77. The Morgan fingerprint density at radius 1 is 1.08 bits per heavy atom. The highest BCUT2D eigenvalue weighted by atomic mass is 16.5. The van der Waals surface area contributed by atoms with Crippen LogP contribution < -0.4 is 26.4 Å². The highest BCUT2D eigenvalue weighted by Gasteiger charge is 2.30. The molecule has 0 aliphatic carbocycles. The Morgan fingerprint density at radius 2 is 1.79 bits per heavy atom. The van der Waals surface area contributed by atoms with Gasteiger partial charge in [-0.2, -0.15) is 0 Å². The van der Waals surface area contributed by atoms with E-state index in [2.05, 4.69) is 16.0 Å². The molecule has 1 heterocycles. The SMILES string of the molecule is CCC1NCCOc2ccccc2/C=C/CNC(=O)[C@@H](Cc2ccc(C(=N)N)cc2)NC(=O)[C@@H](C)N(C)C1=O. The Labute approximate surface area is 229 Å². The first-order valence-electron chi connectivity index (χ1n) is 13.1. The molecule has 0 spiro atoms. The van der Waals surface area contributed by atoms with Crippen molar-refractivity contribution in [1.82, 2.24) is 20.9 Å². The second kappa shape index (κ2) is 14.1. The van der Waals surface area contributed by atoms with Gasteiger partial charge in [-0.3, -0.25) is 19.8 Å². The summed E-state index contributed by atoms with van der Waals surface area (Å²) in [6.45, 7) is 4.60. The maximum Gasteiger partial charge on any atom is 0.243 e. The normalized spacial score (nSPS) is 22.4. The van der Waals surface area contributed by atoms with Gasteiger partial charge in [0.15, 0.2) is 0 Å². The molecule has 3 rings (SSSR count). The van der Waals surface area contributed by atoms with Crippen LogP contribution in [0.4, 0.5) is 0 Å². The molecular formula is C29H38N6O4. The van der Waals surface area contributed by atoms with E-state index in [0.717, 1.165) is 11.1 Å². The Hall–Kier alpha value is -4.18. The van der Waals surface area contributed by atoms with E-state index < -0.39 is 24.0 Å². The number of benzene rings is 2. The summed E-state index contributed by atoms with van der Waals surface area (Å²) in [5.74, 6) is -0.361. The minimum absolute atomic E-state index is 0.0519. The molecule has 0 aromatic heterocycles. The average Bonchev–Trinajstić information content (AvgIpc) is 2.94. The fourth-order valence-corrected chi connectivity index (χ4v) is 4.19. The molecule has 0 bridgehead atoms. The summed E-state index contributed by atoms with van der Waals surface area (Å²) in [4.78, 5) is 41.0. The Bertz CT molecular complexity index is 1200. The van der Waals surface area contributed by atoms with E-state index in [1.807, 2.05) is 43.3 Å². The number of ether oxygens (including phenoxy) is 1. The third-order valence-corrected chi connectivity index (χ3v) is 6.71. The predicted octanol–water partition coefficient (Wildman–Crippen LogP) is 1.44. The van der Waals surface area contributed by atoms with Crippen LogP contribution in [0, 0.1) is 5.41 Å². The van der Waals surface area contributed by atoms with Crippen molar-refractivity contribution in [1.29, 1.82) is 5.41 Å². The number of carbonyl (C=O) groups is 3. The zero-order chi connectivity index (χ0) is 28.4. The summed E-state index contributed by atoms with van der Waals surface area (Å²) in [6.07, 6.45) is 4.46. The largest absolute Gasteiger partial charge is 0.492 e. The number of amidine groups is 1. The Morgan fingerprint density at radius 3 is 2.49 bits per heavy atom. The average molecular weight is 535 g/mol. The number of hydrogen-bond acceptors (Lipinski definition) is 6. The Balaban J connectivity index is 1.86. The van der Waals surface area contributed by atoms with Gasteiger partial charge in [-0.05, 0) is 25.0 Å². The summed E-state index contributed by atoms with van der Waals surface area (Å²) < 4.78 is 5.94. The number of nitrogen functional groups attached to an aromatic ring is 1. The second-order valence-electron chi connectivity index (χ2n) is 9.45. The number of nitrogens with zero attached hydrogens (tertiary/aromatic N) is 1. The van der Waals surface area contributed by atoms with Gasteiger partial charge in [-0.15, -0.1) is 0 Å². The molecule has 0 saturated heterocycles. The van der Waals surface area contributed by atoms with E-state index in [-0.39, 0.29) is 30.6 Å². The molecule has 0 radical (unpaired) electrons. The van der Waals surface area contributed by atoms with Crippen molar-refractivity contribution in [3.63, 3.8) is 0 Å². The highest BCUT2D eigenvalue weighted by Crippen LogP contribution is 2.19. The molecule has 3 amide bonds. The van der Waals surface area contributed by atoms with Gasteiger partial charge in [0.25, 0.3) is 0 Å². The first-order chi connectivity index (χ1) is 18.7. The molecule has 0 saturated carbocycles. The third kappa shape index (κ3) is 8.15. The van der Waals surface area contributed by atoms with Crippen molar-refractivity contribution < 1.29 is 19.1 Å². The van der Waals surface area contributed by atoms with Crippen molar-refractivity contribution in [2.45, 2.75) is 44.8 Å². The van der Waals surface area contributed by atoms with E-state index in [0.29, 0.717) is 30.9 Å². The number of para-hydroxylation sites is 1. The second-order valence-corrected chi connectivity index (χ2v) is 9.45. The van der Waals surface area contributed by atoms with E-state index >= 15 is 0 Å². The lowest BCUT2D eigenvalue weighted by Gasteiger charge is -2.29. The molecule has 2 aromatic carbocycles. The van der Waals surface area contributed by atoms with Crippen LogP contribution in [0.5, 0.6) is 5.75 Å². The molecule has 1 aliphatic rings. The van der Waals surface area contributed by atoms with Crippen LogP contribution >= 0.6 is 0 Å². The maximum atomic E-state index is 13.2. The van der Waals surface area contributed by atoms with Crippen molar-refractivity contribution in [2.24, 2.45) is 5.73 Å². The molecule has 10 nitrogen and oxygen atoms in total. The standard InChI is InChI=1S/C29H38N6O4/c1-4-23-29(38)35(3)19(2)27(36)34-24(18-20-11-13-22(14-12-20)26(30)31)28(37)33-15-7-9-21-8-5-6-10-25(21)39-17-16-32-23/h5-14,19,23-24,32H,4,15-18H2,1-3H3,(H3,30,31)(H,33,37)(H,34,36)/b9-7+/t19-,23?,24-/m1/s1. The van der Waals surface area contributed by atoms with Crippen molar-refractivity contribution in [3.8, 4) is 5.75 Å². The molecular weight excluding hydrogens is 496 g/mol. The van der Waals surface area contributed by atoms with Gasteiger partial charge in [0.1, 0.15) is 30.3 Å². The maximum absolute atomic E-state index is 13.2. The lowest BCUT2D eigenvalue weighted by atomic mass is 10.0. The van der Waals surface area contributed by atoms with Gasteiger partial charge >= 0.3 is 0 Å². The van der Waals surface area contributed by atoms with Crippen LogP contribution in [0.15, 0.2) is 54.6 Å². The third-order valence-electron chi connectivity index (χ3n) is 6.71. The van der Waals surface area contributed by atoms with Crippen LogP contribution in [0.25, 0.3) is 6.08 Å². The van der Waals surface area contributed by atoms with Crippen LogP contribution in [-0.4, -0.2) is 73.3 Å². The zero-order valence-corrected chi connectivity index (χ0v) is 22.7. The first kappa shape index (κ1) is 29.4. The number of nitrogens with one attached hydrogen (secondary N) is 4.